The molecule has 2 N–H and O–H groups in total. The van der Waals surface area contributed by atoms with Crippen molar-refractivity contribution < 1.29 is 4.74 Å². The number of aliphatic imine (C=N–C) groups is 1. The Kier molecular flexibility index (Phi) is 7.46. The van der Waals surface area contributed by atoms with Crippen LogP contribution in [0.1, 0.15) is 40.0 Å². The van der Waals surface area contributed by atoms with E-state index in [2.05, 4.69) is 36.3 Å². The van der Waals surface area contributed by atoms with Gasteiger partial charge in [0.1, 0.15) is 0 Å². The van der Waals surface area contributed by atoms with E-state index in [4.69, 9.17) is 9.73 Å². The molecule has 0 aromatic carbocycles. The van der Waals surface area contributed by atoms with Crippen molar-refractivity contribution in [3.63, 3.8) is 0 Å². The Morgan fingerprint density at radius 2 is 1.95 bits per heavy atom. The third-order valence-electron chi connectivity index (χ3n) is 4.37. The van der Waals surface area contributed by atoms with E-state index in [9.17, 15) is 0 Å². The number of morpholine rings is 1. The lowest BCUT2D eigenvalue weighted by Crippen LogP contribution is -2.46. The van der Waals surface area contributed by atoms with Gasteiger partial charge in [-0.25, -0.2) is 0 Å². The Morgan fingerprint density at radius 3 is 2.55 bits per heavy atom. The number of rotatable bonds is 8. The van der Waals surface area contributed by atoms with Gasteiger partial charge in [-0.2, -0.15) is 0 Å². The molecule has 2 rings (SSSR count). The van der Waals surface area contributed by atoms with Crippen LogP contribution in [0.15, 0.2) is 4.99 Å². The molecule has 0 spiro atoms. The van der Waals surface area contributed by atoms with Crippen LogP contribution in [0.5, 0.6) is 0 Å². The van der Waals surface area contributed by atoms with Crippen molar-refractivity contribution in [3.8, 4) is 0 Å². The van der Waals surface area contributed by atoms with Crippen molar-refractivity contribution in [2.24, 2.45) is 16.8 Å². The summed E-state index contributed by atoms with van der Waals surface area (Å²) in [7, 11) is 0. The Morgan fingerprint density at radius 1 is 1.23 bits per heavy atom. The van der Waals surface area contributed by atoms with Crippen LogP contribution in [0, 0.1) is 11.8 Å². The van der Waals surface area contributed by atoms with E-state index in [1.165, 1.54) is 19.3 Å². The molecule has 1 aliphatic carbocycles. The number of hydrogen-bond acceptors (Lipinski definition) is 3. The van der Waals surface area contributed by atoms with Crippen LogP contribution in [0.3, 0.4) is 0 Å². The molecule has 1 unspecified atom stereocenters. The molecule has 0 aromatic heterocycles. The minimum absolute atomic E-state index is 0.528. The summed E-state index contributed by atoms with van der Waals surface area (Å²) in [5.41, 5.74) is 0. The van der Waals surface area contributed by atoms with E-state index >= 15 is 0 Å². The maximum absolute atomic E-state index is 5.49. The molecule has 1 atom stereocenters. The van der Waals surface area contributed by atoms with Crippen LogP contribution in [-0.4, -0.2) is 62.8 Å². The number of nitrogens with one attached hydrogen (secondary N) is 2. The number of hydrogen-bond donors (Lipinski definition) is 2. The zero-order valence-electron chi connectivity index (χ0n) is 14.6. The van der Waals surface area contributed by atoms with Gasteiger partial charge in [0.15, 0.2) is 5.96 Å². The normalized spacial score (nSPS) is 21.9. The SMILES string of the molecule is CCNC(=NCC(CC(C)C)N1CCOCC1)NCC1CC1. The minimum atomic E-state index is 0.528. The molecular weight excluding hydrogens is 276 g/mol. The standard InChI is InChI=1S/C17H34N4O/c1-4-18-17(19-12-15-5-6-15)20-13-16(11-14(2)3)21-7-9-22-10-8-21/h14-16H,4-13H2,1-3H3,(H2,18,19,20). The highest BCUT2D eigenvalue weighted by molar-refractivity contribution is 5.79. The fourth-order valence-electron chi connectivity index (χ4n) is 2.93. The molecule has 1 saturated heterocycles. The van der Waals surface area contributed by atoms with Crippen molar-refractivity contribution in [2.75, 3.05) is 45.9 Å². The Hall–Kier alpha value is -0.810. The smallest absolute Gasteiger partial charge is 0.191 e. The van der Waals surface area contributed by atoms with Crippen LogP contribution in [0.2, 0.25) is 0 Å². The number of guanidine groups is 1. The quantitative estimate of drug-likeness (QED) is 0.529. The van der Waals surface area contributed by atoms with Crippen LogP contribution in [-0.2, 0) is 4.74 Å². The van der Waals surface area contributed by atoms with Crippen LogP contribution in [0.4, 0.5) is 0 Å². The first kappa shape index (κ1) is 17.5. The molecule has 22 heavy (non-hydrogen) atoms. The van der Waals surface area contributed by atoms with Crippen LogP contribution >= 0.6 is 0 Å². The fourth-order valence-corrected chi connectivity index (χ4v) is 2.93. The summed E-state index contributed by atoms with van der Waals surface area (Å²) >= 11 is 0. The van der Waals surface area contributed by atoms with Crippen molar-refractivity contribution in [3.05, 3.63) is 0 Å². The topological polar surface area (TPSA) is 48.9 Å². The van der Waals surface area contributed by atoms with Crippen LogP contribution < -0.4 is 10.6 Å². The van der Waals surface area contributed by atoms with Crippen molar-refractivity contribution in [1.29, 1.82) is 0 Å². The second kappa shape index (κ2) is 9.36. The Labute approximate surface area is 135 Å². The summed E-state index contributed by atoms with van der Waals surface area (Å²) in [4.78, 5) is 7.41. The van der Waals surface area contributed by atoms with Crippen molar-refractivity contribution in [1.82, 2.24) is 15.5 Å². The summed E-state index contributed by atoms with van der Waals surface area (Å²) in [6.07, 6.45) is 3.94. The summed E-state index contributed by atoms with van der Waals surface area (Å²) in [6.45, 7) is 13.4. The van der Waals surface area contributed by atoms with Gasteiger partial charge >= 0.3 is 0 Å². The third-order valence-corrected chi connectivity index (χ3v) is 4.37. The Bertz CT molecular complexity index is 336. The first-order chi connectivity index (χ1) is 10.7. The van der Waals surface area contributed by atoms with Gasteiger partial charge in [-0.1, -0.05) is 13.8 Å². The second-order valence-corrected chi connectivity index (χ2v) is 6.98. The third kappa shape index (κ3) is 6.53. The van der Waals surface area contributed by atoms with Gasteiger partial charge in [0.25, 0.3) is 0 Å². The summed E-state index contributed by atoms with van der Waals surface area (Å²) in [6, 6.07) is 0.528. The average molecular weight is 310 g/mol. The van der Waals surface area contributed by atoms with Gasteiger partial charge in [-0.3, -0.25) is 9.89 Å². The lowest BCUT2D eigenvalue weighted by Gasteiger charge is -2.34. The summed E-state index contributed by atoms with van der Waals surface area (Å²) < 4.78 is 5.49. The largest absolute Gasteiger partial charge is 0.379 e. The molecule has 2 aliphatic rings. The molecule has 0 radical (unpaired) electrons. The predicted octanol–water partition coefficient (Wildman–Crippen LogP) is 1.70. The lowest BCUT2D eigenvalue weighted by atomic mass is 10.0. The Balaban J connectivity index is 1.88. The highest BCUT2D eigenvalue weighted by atomic mass is 16.5. The van der Waals surface area contributed by atoms with Gasteiger partial charge < -0.3 is 15.4 Å². The maximum atomic E-state index is 5.49. The first-order valence-corrected chi connectivity index (χ1v) is 9.03. The maximum Gasteiger partial charge on any atom is 0.191 e. The van der Waals surface area contributed by atoms with Gasteiger partial charge in [0, 0.05) is 32.2 Å². The van der Waals surface area contributed by atoms with E-state index < -0.39 is 0 Å². The molecule has 1 saturated carbocycles. The molecule has 5 heteroatoms. The van der Waals surface area contributed by atoms with Crippen molar-refractivity contribution in [2.45, 2.75) is 46.1 Å². The number of ether oxygens (including phenoxy) is 1. The molecule has 5 nitrogen and oxygen atoms in total. The summed E-state index contributed by atoms with van der Waals surface area (Å²) in [5, 5.41) is 6.86. The van der Waals surface area contributed by atoms with E-state index in [-0.39, 0.29) is 0 Å². The molecule has 1 heterocycles. The van der Waals surface area contributed by atoms with E-state index in [0.717, 1.165) is 57.8 Å². The van der Waals surface area contributed by atoms with E-state index in [0.29, 0.717) is 12.0 Å². The molecule has 0 bridgehead atoms. The van der Waals surface area contributed by atoms with Gasteiger partial charge in [-0.15, -0.1) is 0 Å². The van der Waals surface area contributed by atoms with Gasteiger partial charge in [-0.05, 0) is 38.0 Å². The molecule has 128 valence electrons. The number of nitrogens with zero attached hydrogens (tertiary/aromatic N) is 2. The molecule has 2 fully saturated rings. The second-order valence-electron chi connectivity index (χ2n) is 6.98. The molecular formula is C17H34N4O. The molecule has 0 aromatic rings. The zero-order valence-corrected chi connectivity index (χ0v) is 14.6. The first-order valence-electron chi connectivity index (χ1n) is 9.03. The van der Waals surface area contributed by atoms with Gasteiger partial charge in [0.05, 0.1) is 19.8 Å². The highest BCUT2D eigenvalue weighted by Crippen LogP contribution is 2.27. The van der Waals surface area contributed by atoms with E-state index in [1.54, 1.807) is 0 Å². The monoisotopic (exact) mass is 310 g/mol. The summed E-state index contributed by atoms with van der Waals surface area (Å²) in [5.74, 6) is 2.55. The van der Waals surface area contributed by atoms with E-state index in [1.807, 2.05) is 0 Å². The predicted molar refractivity (Wildman–Crippen MR) is 92.3 cm³/mol. The van der Waals surface area contributed by atoms with Crippen LogP contribution in [0.25, 0.3) is 0 Å². The molecule has 0 amide bonds. The van der Waals surface area contributed by atoms with Gasteiger partial charge in [0.2, 0.25) is 0 Å². The fraction of sp³-hybridized carbons (Fsp3) is 0.941. The lowest BCUT2D eigenvalue weighted by molar-refractivity contribution is 0.0143. The minimum Gasteiger partial charge on any atom is -0.379 e. The van der Waals surface area contributed by atoms with Crippen molar-refractivity contribution >= 4 is 5.96 Å². The molecule has 1 aliphatic heterocycles. The zero-order chi connectivity index (χ0) is 15.8. The average Bonchev–Trinajstić information content (AvgIpc) is 3.33. The highest BCUT2D eigenvalue weighted by Gasteiger charge is 2.23.